The van der Waals surface area contributed by atoms with E-state index in [4.69, 9.17) is 4.99 Å². The lowest BCUT2D eigenvalue weighted by molar-refractivity contribution is -0.137. The van der Waals surface area contributed by atoms with Gasteiger partial charge in [-0.05, 0) is 37.8 Å². The van der Waals surface area contributed by atoms with Crippen LogP contribution in [0.25, 0.3) is 0 Å². The molecule has 1 aliphatic carbocycles. The van der Waals surface area contributed by atoms with Crippen LogP contribution in [0.15, 0.2) is 29.3 Å². The van der Waals surface area contributed by atoms with Crippen molar-refractivity contribution in [1.29, 1.82) is 0 Å². The molecule has 168 valence electrons. The monoisotopic (exact) mass is 527 g/mol. The van der Waals surface area contributed by atoms with Gasteiger partial charge in [0.25, 0.3) is 0 Å². The summed E-state index contributed by atoms with van der Waals surface area (Å²) < 4.78 is 0. The summed E-state index contributed by atoms with van der Waals surface area (Å²) in [6, 6.07) is 8.39. The minimum Gasteiger partial charge on any atom is -0.357 e. The summed E-state index contributed by atoms with van der Waals surface area (Å²) in [5.41, 5.74) is 2.53. The molecule has 1 saturated carbocycles. The van der Waals surface area contributed by atoms with E-state index >= 15 is 0 Å². The molecule has 2 N–H and O–H groups in total. The standard InChI is InChI=1S/C23H37N5O.HI/c1-3-24-23(26-18-21-11-5-4-8-19(21)2)25-12-13-27-14-16-28(17-15-27)22(29)20-9-6-7-10-20;/h4-5,8,11,20H,3,6-7,9-10,12-18H2,1-2H3,(H2,24,25,26);1H. The molecule has 0 bridgehead atoms. The van der Waals surface area contributed by atoms with Gasteiger partial charge in [-0.15, -0.1) is 24.0 Å². The second-order valence-corrected chi connectivity index (χ2v) is 8.20. The Labute approximate surface area is 198 Å². The summed E-state index contributed by atoms with van der Waals surface area (Å²) in [6.45, 7) is 11.3. The van der Waals surface area contributed by atoms with Crippen LogP contribution >= 0.6 is 24.0 Å². The highest BCUT2D eigenvalue weighted by molar-refractivity contribution is 14.0. The Bertz CT molecular complexity index is 682. The summed E-state index contributed by atoms with van der Waals surface area (Å²) in [5, 5.41) is 6.78. The molecule has 1 heterocycles. The summed E-state index contributed by atoms with van der Waals surface area (Å²) in [6.07, 6.45) is 4.64. The van der Waals surface area contributed by atoms with Crippen molar-refractivity contribution in [1.82, 2.24) is 20.4 Å². The van der Waals surface area contributed by atoms with Crippen LogP contribution in [0, 0.1) is 12.8 Å². The molecule has 30 heavy (non-hydrogen) atoms. The number of amides is 1. The quantitative estimate of drug-likeness (QED) is 0.325. The molecule has 6 nitrogen and oxygen atoms in total. The minimum atomic E-state index is 0. The van der Waals surface area contributed by atoms with Crippen LogP contribution in [0.3, 0.4) is 0 Å². The summed E-state index contributed by atoms with van der Waals surface area (Å²) >= 11 is 0. The average Bonchev–Trinajstić information content (AvgIpc) is 3.28. The average molecular weight is 527 g/mol. The van der Waals surface area contributed by atoms with Gasteiger partial charge in [-0.2, -0.15) is 0 Å². The number of carbonyl (C=O) groups excluding carboxylic acids is 1. The third kappa shape index (κ3) is 7.41. The Morgan fingerprint density at radius 1 is 1.10 bits per heavy atom. The molecule has 1 aromatic carbocycles. The van der Waals surface area contributed by atoms with E-state index in [1.165, 1.54) is 24.0 Å². The third-order valence-corrected chi connectivity index (χ3v) is 6.12. The van der Waals surface area contributed by atoms with E-state index in [0.717, 1.165) is 64.6 Å². The lowest BCUT2D eigenvalue weighted by Gasteiger charge is -2.36. The minimum absolute atomic E-state index is 0. The van der Waals surface area contributed by atoms with Crippen LogP contribution in [-0.2, 0) is 11.3 Å². The van der Waals surface area contributed by atoms with Gasteiger partial charge in [0.15, 0.2) is 5.96 Å². The summed E-state index contributed by atoms with van der Waals surface area (Å²) in [7, 11) is 0. The smallest absolute Gasteiger partial charge is 0.225 e. The zero-order valence-corrected chi connectivity index (χ0v) is 20.9. The van der Waals surface area contributed by atoms with E-state index in [2.05, 4.69) is 58.5 Å². The van der Waals surface area contributed by atoms with Gasteiger partial charge in [-0.25, -0.2) is 4.99 Å². The van der Waals surface area contributed by atoms with Gasteiger partial charge in [-0.1, -0.05) is 37.1 Å². The van der Waals surface area contributed by atoms with Gasteiger partial charge in [0.05, 0.1) is 6.54 Å². The van der Waals surface area contributed by atoms with Crippen molar-refractivity contribution in [2.45, 2.75) is 46.1 Å². The molecular weight excluding hydrogens is 489 g/mol. The Kier molecular flexibility index (Phi) is 10.9. The van der Waals surface area contributed by atoms with Crippen LogP contribution in [-0.4, -0.2) is 67.5 Å². The number of nitrogens with one attached hydrogen (secondary N) is 2. The number of carbonyl (C=O) groups is 1. The number of guanidine groups is 1. The molecule has 0 spiro atoms. The van der Waals surface area contributed by atoms with Crippen LogP contribution in [0.2, 0.25) is 0 Å². The van der Waals surface area contributed by atoms with Gasteiger partial charge < -0.3 is 15.5 Å². The van der Waals surface area contributed by atoms with Crippen molar-refractivity contribution in [2.24, 2.45) is 10.9 Å². The molecule has 7 heteroatoms. The molecular formula is C23H38IN5O. The predicted octanol–water partition coefficient (Wildman–Crippen LogP) is 3.00. The topological polar surface area (TPSA) is 60.0 Å². The molecule has 1 aromatic rings. The van der Waals surface area contributed by atoms with Gasteiger partial charge in [-0.3, -0.25) is 9.69 Å². The Hall–Kier alpha value is -1.35. The second kappa shape index (κ2) is 13.1. The Morgan fingerprint density at radius 3 is 2.47 bits per heavy atom. The van der Waals surface area contributed by atoms with Crippen LogP contribution in [0.5, 0.6) is 0 Å². The van der Waals surface area contributed by atoms with Gasteiger partial charge in [0, 0.05) is 51.7 Å². The maximum absolute atomic E-state index is 12.6. The molecule has 1 aliphatic heterocycles. The maximum Gasteiger partial charge on any atom is 0.225 e. The molecule has 0 atom stereocenters. The number of aryl methyl sites for hydroxylation is 1. The van der Waals surface area contributed by atoms with Gasteiger partial charge in [0.1, 0.15) is 0 Å². The number of halogens is 1. The number of hydrogen-bond acceptors (Lipinski definition) is 3. The lowest BCUT2D eigenvalue weighted by Crippen LogP contribution is -2.51. The van der Waals surface area contributed by atoms with E-state index in [1.54, 1.807) is 0 Å². The first kappa shape index (κ1) is 24.9. The molecule has 2 fully saturated rings. The highest BCUT2D eigenvalue weighted by Gasteiger charge is 2.29. The number of benzene rings is 1. The third-order valence-electron chi connectivity index (χ3n) is 6.12. The maximum atomic E-state index is 12.6. The second-order valence-electron chi connectivity index (χ2n) is 8.20. The van der Waals surface area contributed by atoms with Crippen molar-refractivity contribution in [3.8, 4) is 0 Å². The molecule has 1 amide bonds. The number of nitrogens with zero attached hydrogens (tertiary/aromatic N) is 3. The lowest BCUT2D eigenvalue weighted by atomic mass is 10.1. The number of rotatable bonds is 7. The molecule has 0 aromatic heterocycles. The normalized spacial score (nSPS) is 18.2. The van der Waals surface area contributed by atoms with Gasteiger partial charge in [0.2, 0.25) is 5.91 Å². The van der Waals surface area contributed by atoms with Crippen molar-refractivity contribution >= 4 is 35.8 Å². The number of hydrogen-bond donors (Lipinski definition) is 2. The van der Waals surface area contributed by atoms with Crippen molar-refractivity contribution < 1.29 is 4.79 Å². The van der Waals surface area contributed by atoms with Crippen LogP contribution in [0.4, 0.5) is 0 Å². The zero-order chi connectivity index (χ0) is 20.5. The first-order valence-electron chi connectivity index (χ1n) is 11.2. The van der Waals surface area contributed by atoms with Crippen LogP contribution in [0.1, 0.15) is 43.7 Å². The van der Waals surface area contributed by atoms with E-state index in [1.807, 2.05) is 0 Å². The highest BCUT2D eigenvalue weighted by Crippen LogP contribution is 2.26. The van der Waals surface area contributed by atoms with Gasteiger partial charge >= 0.3 is 0 Å². The van der Waals surface area contributed by atoms with E-state index in [0.29, 0.717) is 18.4 Å². The molecule has 1 saturated heterocycles. The van der Waals surface area contributed by atoms with Crippen molar-refractivity contribution in [3.05, 3.63) is 35.4 Å². The summed E-state index contributed by atoms with van der Waals surface area (Å²) in [5.74, 6) is 1.57. The molecule has 2 aliphatic rings. The van der Waals surface area contributed by atoms with E-state index in [9.17, 15) is 4.79 Å². The first-order chi connectivity index (χ1) is 14.2. The highest BCUT2D eigenvalue weighted by atomic mass is 127. The van der Waals surface area contributed by atoms with Crippen molar-refractivity contribution in [3.63, 3.8) is 0 Å². The summed E-state index contributed by atoms with van der Waals surface area (Å²) in [4.78, 5) is 21.8. The predicted molar refractivity (Wildman–Crippen MR) is 134 cm³/mol. The SMILES string of the molecule is CCNC(=NCc1ccccc1C)NCCN1CCN(C(=O)C2CCCC2)CC1.I. The fourth-order valence-electron chi connectivity index (χ4n) is 4.25. The fourth-order valence-corrected chi connectivity index (χ4v) is 4.25. The Morgan fingerprint density at radius 2 is 1.80 bits per heavy atom. The number of aliphatic imine (C=N–C) groups is 1. The molecule has 0 unspecified atom stereocenters. The van der Waals surface area contributed by atoms with Crippen LogP contribution < -0.4 is 10.6 Å². The zero-order valence-electron chi connectivity index (χ0n) is 18.5. The van der Waals surface area contributed by atoms with Crippen molar-refractivity contribution in [2.75, 3.05) is 45.8 Å². The van der Waals surface area contributed by atoms with E-state index in [-0.39, 0.29) is 24.0 Å². The number of piperazine rings is 1. The van der Waals surface area contributed by atoms with E-state index < -0.39 is 0 Å². The fraction of sp³-hybridized carbons (Fsp3) is 0.652. The first-order valence-corrected chi connectivity index (χ1v) is 11.2. The molecule has 3 rings (SSSR count). The Balaban J connectivity index is 0.00000320. The molecule has 0 radical (unpaired) electrons. The largest absolute Gasteiger partial charge is 0.357 e.